The van der Waals surface area contributed by atoms with Crippen LogP contribution in [0.15, 0.2) is 42.7 Å². The number of carbonyl (C=O) groups excluding carboxylic acids is 2. The summed E-state index contributed by atoms with van der Waals surface area (Å²) in [5, 5.41) is 2.99. The molecule has 1 unspecified atom stereocenters. The van der Waals surface area contributed by atoms with Gasteiger partial charge in [-0.25, -0.2) is 4.98 Å². The lowest BCUT2D eigenvalue weighted by Crippen LogP contribution is -2.38. The molecule has 2 rings (SSSR count). The molecule has 0 bridgehead atoms. The Labute approximate surface area is 161 Å². The van der Waals surface area contributed by atoms with E-state index in [9.17, 15) is 9.59 Å². The molecule has 0 saturated carbocycles. The van der Waals surface area contributed by atoms with Crippen LogP contribution in [0.25, 0.3) is 0 Å². The van der Waals surface area contributed by atoms with E-state index in [0.29, 0.717) is 24.7 Å². The fourth-order valence-electron chi connectivity index (χ4n) is 2.76. The second-order valence-electron chi connectivity index (χ2n) is 7.14. The number of nitrogens with one attached hydrogen (secondary N) is 1. The SMILES string of the molecule is Cc1cnc(C(=O)N(CCC(=O)NC(C)c2ccccc2)CC(C)C)cn1. The summed E-state index contributed by atoms with van der Waals surface area (Å²) in [4.78, 5) is 35.1. The average Bonchev–Trinajstić information content (AvgIpc) is 2.65. The zero-order valence-electron chi connectivity index (χ0n) is 16.5. The van der Waals surface area contributed by atoms with Crippen molar-refractivity contribution in [3.05, 3.63) is 59.7 Å². The summed E-state index contributed by atoms with van der Waals surface area (Å²) < 4.78 is 0. The summed E-state index contributed by atoms with van der Waals surface area (Å²) in [6, 6.07) is 9.73. The van der Waals surface area contributed by atoms with Crippen LogP contribution in [0, 0.1) is 12.8 Å². The summed E-state index contributed by atoms with van der Waals surface area (Å²) in [6.45, 7) is 8.77. The van der Waals surface area contributed by atoms with Crippen LogP contribution in [-0.4, -0.2) is 39.8 Å². The van der Waals surface area contributed by atoms with Crippen LogP contribution in [0.3, 0.4) is 0 Å². The van der Waals surface area contributed by atoms with Gasteiger partial charge in [0.1, 0.15) is 5.69 Å². The average molecular weight is 368 g/mol. The summed E-state index contributed by atoms with van der Waals surface area (Å²) >= 11 is 0. The lowest BCUT2D eigenvalue weighted by Gasteiger charge is -2.24. The Morgan fingerprint density at radius 2 is 1.78 bits per heavy atom. The molecule has 0 spiro atoms. The molecule has 1 heterocycles. The molecule has 0 fully saturated rings. The fourth-order valence-corrected chi connectivity index (χ4v) is 2.76. The van der Waals surface area contributed by atoms with Gasteiger partial charge in [-0.3, -0.25) is 14.6 Å². The molecule has 6 heteroatoms. The minimum Gasteiger partial charge on any atom is -0.350 e. The van der Waals surface area contributed by atoms with Gasteiger partial charge in [-0.05, 0) is 25.3 Å². The van der Waals surface area contributed by atoms with Crippen LogP contribution in [0.2, 0.25) is 0 Å². The molecule has 2 aromatic rings. The van der Waals surface area contributed by atoms with E-state index in [1.165, 1.54) is 6.20 Å². The quantitative estimate of drug-likeness (QED) is 0.777. The number of aromatic nitrogens is 2. The van der Waals surface area contributed by atoms with E-state index in [0.717, 1.165) is 11.3 Å². The van der Waals surface area contributed by atoms with Crippen molar-refractivity contribution >= 4 is 11.8 Å². The molecule has 0 radical (unpaired) electrons. The van der Waals surface area contributed by atoms with E-state index >= 15 is 0 Å². The van der Waals surface area contributed by atoms with Crippen LogP contribution in [0.5, 0.6) is 0 Å². The Hall–Kier alpha value is -2.76. The van der Waals surface area contributed by atoms with Gasteiger partial charge in [0.05, 0.1) is 17.9 Å². The first kappa shape index (κ1) is 20.6. The van der Waals surface area contributed by atoms with Crippen molar-refractivity contribution in [3.63, 3.8) is 0 Å². The van der Waals surface area contributed by atoms with Crippen molar-refractivity contribution in [2.45, 2.75) is 40.2 Å². The number of benzene rings is 1. The third-order valence-electron chi connectivity index (χ3n) is 4.16. The van der Waals surface area contributed by atoms with Crippen molar-refractivity contribution in [3.8, 4) is 0 Å². The molecule has 0 aliphatic rings. The molecular formula is C21H28N4O2. The predicted molar refractivity (Wildman–Crippen MR) is 105 cm³/mol. The molecule has 27 heavy (non-hydrogen) atoms. The monoisotopic (exact) mass is 368 g/mol. The Morgan fingerprint density at radius 3 is 2.37 bits per heavy atom. The fraction of sp³-hybridized carbons (Fsp3) is 0.429. The number of hydrogen-bond acceptors (Lipinski definition) is 4. The molecule has 0 saturated heterocycles. The van der Waals surface area contributed by atoms with E-state index in [-0.39, 0.29) is 24.3 Å². The molecule has 1 N–H and O–H groups in total. The largest absolute Gasteiger partial charge is 0.350 e. The Morgan fingerprint density at radius 1 is 1.07 bits per heavy atom. The van der Waals surface area contributed by atoms with Crippen molar-refractivity contribution in [2.75, 3.05) is 13.1 Å². The van der Waals surface area contributed by atoms with Gasteiger partial charge in [-0.15, -0.1) is 0 Å². The second kappa shape index (κ2) is 9.80. The molecule has 1 aromatic carbocycles. The van der Waals surface area contributed by atoms with Gasteiger partial charge in [0.2, 0.25) is 5.91 Å². The Bertz CT molecular complexity index is 745. The van der Waals surface area contributed by atoms with E-state index in [1.807, 2.05) is 58.0 Å². The normalized spacial score (nSPS) is 11.9. The maximum Gasteiger partial charge on any atom is 0.274 e. The maximum absolute atomic E-state index is 12.7. The van der Waals surface area contributed by atoms with Gasteiger partial charge < -0.3 is 10.2 Å². The van der Waals surface area contributed by atoms with Crippen molar-refractivity contribution in [1.82, 2.24) is 20.2 Å². The van der Waals surface area contributed by atoms with Crippen molar-refractivity contribution in [2.24, 2.45) is 5.92 Å². The van der Waals surface area contributed by atoms with E-state index in [2.05, 4.69) is 15.3 Å². The highest BCUT2D eigenvalue weighted by molar-refractivity contribution is 5.92. The van der Waals surface area contributed by atoms with Gasteiger partial charge in [0.25, 0.3) is 5.91 Å². The number of hydrogen-bond donors (Lipinski definition) is 1. The van der Waals surface area contributed by atoms with Crippen LogP contribution in [0.1, 0.15) is 55.0 Å². The Balaban J connectivity index is 1.96. The van der Waals surface area contributed by atoms with Crippen LogP contribution >= 0.6 is 0 Å². The van der Waals surface area contributed by atoms with Gasteiger partial charge in [-0.1, -0.05) is 44.2 Å². The summed E-state index contributed by atoms with van der Waals surface area (Å²) in [6.07, 6.45) is 3.31. The van der Waals surface area contributed by atoms with Crippen molar-refractivity contribution < 1.29 is 9.59 Å². The second-order valence-corrected chi connectivity index (χ2v) is 7.14. The zero-order valence-corrected chi connectivity index (χ0v) is 16.5. The molecule has 6 nitrogen and oxygen atoms in total. The first-order chi connectivity index (χ1) is 12.9. The molecular weight excluding hydrogens is 340 g/mol. The lowest BCUT2D eigenvalue weighted by atomic mass is 10.1. The van der Waals surface area contributed by atoms with Gasteiger partial charge in [0.15, 0.2) is 0 Å². The minimum absolute atomic E-state index is 0.0732. The van der Waals surface area contributed by atoms with E-state index in [4.69, 9.17) is 0 Å². The summed E-state index contributed by atoms with van der Waals surface area (Å²) in [5.74, 6) is 0.0154. The highest BCUT2D eigenvalue weighted by Gasteiger charge is 2.20. The van der Waals surface area contributed by atoms with Crippen LogP contribution in [0.4, 0.5) is 0 Å². The number of rotatable bonds is 8. The van der Waals surface area contributed by atoms with Gasteiger partial charge >= 0.3 is 0 Å². The molecule has 1 atom stereocenters. The Kier molecular flexibility index (Phi) is 7.46. The van der Waals surface area contributed by atoms with Crippen molar-refractivity contribution in [1.29, 1.82) is 0 Å². The summed E-state index contributed by atoms with van der Waals surface area (Å²) in [5.41, 5.74) is 2.12. The van der Waals surface area contributed by atoms with Gasteiger partial charge in [0, 0.05) is 25.7 Å². The summed E-state index contributed by atoms with van der Waals surface area (Å²) in [7, 11) is 0. The standard InChI is InChI=1S/C21H28N4O2/c1-15(2)14-25(21(27)19-13-22-16(3)12-23-19)11-10-20(26)24-17(4)18-8-6-5-7-9-18/h5-9,12-13,15,17H,10-11,14H2,1-4H3,(H,24,26). The smallest absolute Gasteiger partial charge is 0.274 e. The minimum atomic E-state index is -0.194. The molecule has 0 aliphatic carbocycles. The lowest BCUT2D eigenvalue weighted by molar-refractivity contribution is -0.121. The number of aryl methyl sites for hydroxylation is 1. The topological polar surface area (TPSA) is 75.2 Å². The van der Waals surface area contributed by atoms with Crippen LogP contribution in [-0.2, 0) is 4.79 Å². The van der Waals surface area contributed by atoms with E-state index < -0.39 is 0 Å². The zero-order chi connectivity index (χ0) is 19.8. The van der Waals surface area contributed by atoms with E-state index in [1.54, 1.807) is 11.1 Å². The van der Waals surface area contributed by atoms with Crippen LogP contribution < -0.4 is 5.32 Å². The highest BCUT2D eigenvalue weighted by atomic mass is 16.2. The first-order valence-corrected chi connectivity index (χ1v) is 9.29. The number of nitrogens with zero attached hydrogens (tertiary/aromatic N) is 3. The molecule has 1 aromatic heterocycles. The maximum atomic E-state index is 12.7. The number of amides is 2. The third-order valence-corrected chi connectivity index (χ3v) is 4.16. The first-order valence-electron chi connectivity index (χ1n) is 9.29. The molecule has 0 aliphatic heterocycles. The third kappa shape index (κ3) is 6.47. The number of carbonyl (C=O) groups is 2. The molecule has 2 amide bonds. The van der Waals surface area contributed by atoms with Gasteiger partial charge in [-0.2, -0.15) is 0 Å². The molecule has 144 valence electrons. The highest BCUT2D eigenvalue weighted by Crippen LogP contribution is 2.12. The predicted octanol–water partition coefficient (Wildman–Crippen LogP) is 3.15.